The first-order chi connectivity index (χ1) is 2.94. The topological polar surface area (TPSA) is 17.1 Å². The molecule has 0 aromatic carbocycles. The second-order valence-electron chi connectivity index (χ2n) is 1.19. The van der Waals surface area contributed by atoms with Crippen molar-refractivity contribution in [1.82, 2.24) is 0 Å². The molecule has 0 radical (unpaired) electrons. The van der Waals surface area contributed by atoms with E-state index in [1.807, 2.05) is 0 Å². The van der Waals surface area contributed by atoms with Gasteiger partial charge in [-0.25, -0.2) is 0 Å². The van der Waals surface area contributed by atoms with Crippen molar-refractivity contribution >= 4 is 12.7 Å². The van der Waals surface area contributed by atoms with Crippen LogP contribution in [0.25, 0.3) is 0 Å². The molecule has 0 saturated heterocycles. The minimum absolute atomic E-state index is 0. The average molecular weight is 150 g/mol. The third-order valence-electron chi connectivity index (χ3n) is 0.461. The van der Waals surface area contributed by atoms with E-state index in [2.05, 4.69) is 0 Å². The van der Waals surface area contributed by atoms with Crippen molar-refractivity contribution in [2.24, 2.45) is 0 Å². The van der Waals surface area contributed by atoms with E-state index in [9.17, 15) is 17.7 Å². The maximum atomic E-state index is 10.9. The zero-order valence-corrected chi connectivity index (χ0v) is 7.74. The fraction of sp³-hybridized carbons (Fsp3) is 0.500. The van der Waals surface area contributed by atoms with Gasteiger partial charge in [-0.05, 0) is 6.92 Å². The predicted octanol–water partition coefficient (Wildman–Crippen LogP) is -2.03. The van der Waals surface area contributed by atoms with Gasteiger partial charge in [0.15, 0.2) is 0 Å². The van der Waals surface area contributed by atoms with Gasteiger partial charge in [0.25, 0.3) is 0 Å². The second-order valence-corrected chi connectivity index (χ2v) is 1.19. The molecular weight excluding hydrogens is 147 g/mol. The fourth-order valence-electron chi connectivity index (χ4n) is 0. The molecule has 8 heavy (non-hydrogen) atoms. The van der Waals surface area contributed by atoms with Gasteiger partial charge in [-0.3, -0.25) is 0 Å². The predicted molar refractivity (Wildman–Crippen MR) is 19.8 cm³/mol. The number of carbonyl (C=O) groups is 1. The molecule has 0 amide bonds. The van der Waals surface area contributed by atoms with E-state index < -0.39 is 12.7 Å². The zero-order valence-electron chi connectivity index (χ0n) is 4.62. The summed E-state index contributed by atoms with van der Waals surface area (Å²) in [5.41, 5.74) is -1.69. The summed E-state index contributed by atoms with van der Waals surface area (Å²) in [5, 5.41) is 0. The molecule has 42 valence electrons. The molecule has 0 bridgehead atoms. The number of halogens is 3. The van der Waals surface area contributed by atoms with Gasteiger partial charge in [-0.2, -0.15) is 0 Å². The van der Waals surface area contributed by atoms with Crippen LogP contribution in [0.15, 0.2) is 0 Å². The molecule has 0 fully saturated rings. The Morgan fingerprint density at radius 2 is 1.50 bits per heavy atom. The molecule has 6 heteroatoms. The number of rotatable bonds is 1. The normalized spacial score (nSPS) is 10.0. The molecule has 0 aromatic heterocycles. The first-order valence-electron chi connectivity index (χ1n) is 1.65. The van der Waals surface area contributed by atoms with Crippen LogP contribution in [0.4, 0.5) is 12.9 Å². The molecular formula is C2H3BF3KO. The van der Waals surface area contributed by atoms with Crippen LogP contribution in [0.5, 0.6) is 0 Å². The molecule has 0 spiro atoms. The first kappa shape index (κ1) is 11.9. The van der Waals surface area contributed by atoms with Crippen LogP contribution >= 0.6 is 0 Å². The van der Waals surface area contributed by atoms with Crippen molar-refractivity contribution in [3.63, 3.8) is 0 Å². The van der Waals surface area contributed by atoms with Crippen molar-refractivity contribution in [3.8, 4) is 0 Å². The Labute approximate surface area is 87.5 Å². The SMILES string of the molecule is CC(=O)[B-](F)(F)F.[K+]. The third-order valence-corrected chi connectivity index (χ3v) is 0.461. The van der Waals surface area contributed by atoms with Gasteiger partial charge in [-0.1, -0.05) is 0 Å². The van der Waals surface area contributed by atoms with Crippen molar-refractivity contribution in [1.29, 1.82) is 0 Å². The molecule has 0 saturated carbocycles. The van der Waals surface area contributed by atoms with Crippen molar-refractivity contribution < 1.29 is 69.1 Å². The molecule has 0 heterocycles. The number of hydrogen-bond donors (Lipinski definition) is 0. The maximum absolute atomic E-state index is 10.9. The molecule has 0 rings (SSSR count). The van der Waals surface area contributed by atoms with Gasteiger partial charge in [-0.15, -0.1) is 0 Å². The van der Waals surface area contributed by atoms with Gasteiger partial charge >= 0.3 is 58.4 Å². The summed E-state index contributed by atoms with van der Waals surface area (Å²) in [6.07, 6.45) is 0. The minimum Gasteiger partial charge on any atom is -0.443 e. The Hall–Kier alpha value is 1.16. The quantitative estimate of drug-likeness (QED) is 0.394. The van der Waals surface area contributed by atoms with Crippen molar-refractivity contribution in [2.45, 2.75) is 6.92 Å². The van der Waals surface area contributed by atoms with Crippen molar-refractivity contribution in [3.05, 3.63) is 0 Å². The van der Waals surface area contributed by atoms with Gasteiger partial charge in [0.05, 0.1) is 5.68 Å². The Morgan fingerprint density at radius 3 is 1.50 bits per heavy atom. The molecule has 0 aromatic rings. The zero-order chi connectivity index (χ0) is 6.08. The van der Waals surface area contributed by atoms with E-state index in [0.29, 0.717) is 6.92 Å². The van der Waals surface area contributed by atoms with Crippen LogP contribution in [0.1, 0.15) is 6.92 Å². The first-order valence-corrected chi connectivity index (χ1v) is 1.65. The van der Waals surface area contributed by atoms with Crippen LogP contribution in [0, 0.1) is 0 Å². The van der Waals surface area contributed by atoms with Crippen LogP contribution in [0.2, 0.25) is 0 Å². The Kier molecular flexibility index (Phi) is 6.03. The Bertz CT molecular complexity index is 89.8. The third kappa shape index (κ3) is 5.30. The monoisotopic (exact) mass is 150 g/mol. The smallest absolute Gasteiger partial charge is 0.443 e. The van der Waals surface area contributed by atoms with Gasteiger partial charge in [0, 0.05) is 0 Å². The summed E-state index contributed by atoms with van der Waals surface area (Å²) in [6.45, 7) is -4.68. The Morgan fingerprint density at radius 1 is 1.38 bits per heavy atom. The van der Waals surface area contributed by atoms with Gasteiger partial charge in [0.2, 0.25) is 0 Å². The summed E-state index contributed by atoms with van der Waals surface area (Å²) in [7, 11) is 0. The van der Waals surface area contributed by atoms with E-state index >= 15 is 0 Å². The average Bonchev–Trinajstić information content (AvgIpc) is 1.31. The van der Waals surface area contributed by atoms with E-state index in [0.717, 1.165) is 0 Å². The molecule has 0 aliphatic carbocycles. The van der Waals surface area contributed by atoms with Crippen LogP contribution in [-0.2, 0) is 4.79 Å². The van der Waals surface area contributed by atoms with E-state index in [4.69, 9.17) is 0 Å². The molecule has 0 atom stereocenters. The molecule has 0 N–H and O–H groups in total. The van der Waals surface area contributed by atoms with Gasteiger partial charge in [0.1, 0.15) is 0 Å². The summed E-state index contributed by atoms with van der Waals surface area (Å²) in [6, 6.07) is 0. The van der Waals surface area contributed by atoms with E-state index in [-0.39, 0.29) is 51.4 Å². The van der Waals surface area contributed by atoms with Crippen LogP contribution < -0.4 is 51.4 Å². The number of carbonyl (C=O) groups excluding carboxylic acids is 1. The van der Waals surface area contributed by atoms with Crippen LogP contribution in [-0.4, -0.2) is 12.7 Å². The molecule has 0 aliphatic heterocycles. The maximum Gasteiger partial charge on any atom is 1.00 e. The molecule has 0 aliphatic rings. The molecule has 1 nitrogen and oxygen atoms in total. The summed E-state index contributed by atoms with van der Waals surface area (Å²) < 4.78 is 32.7. The summed E-state index contributed by atoms with van der Waals surface area (Å²) >= 11 is 0. The van der Waals surface area contributed by atoms with Gasteiger partial charge < -0.3 is 17.7 Å². The van der Waals surface area contributed by atoms with Crippen molar-refractivity contribution in [2.75, 3.05) is 0 Å². The standard InChI is InChI=1S/C2H3BF3O.K/c1-2(7)3(4,5)6;/h1H3;/q-1;+1. The summed E-state index contributed by atoms with van der Waals surface area (Å²) in [5.74, 6) is 0. The largest absolute Gasteiger partial charge is 1.00 e. The van der Waals surface area contributed by atoms with E-state index in [1.165, 1.54) is 0 Å². The summed E-state index contributed by atoms with van der Waals surface area (Å²) in [4.78, 5) is 9.37. The molecule has 0 unspecified atom stereocenters. The Balaban J connectivity index is 0. The van der Waals surface area contributed by atoms with Crippen LogP contribution in [0.3, 0.4) is 0 Å². The van der Waals surface area contributed by atoms with E-state index in [1.54, 1.807) is 0 Å². The number of hydrogen-bond acceptors (Lipinski definition) is 1. The second kappa shape index (κ2) is 4.05. The minimum atomic E-state index is -5.19. The fourth-order valence-corrected chi connectivity index (χ4v) is 0.